The van der Waals surface area contributed by atoms with E-state index in [4.69, 9.17) is 0 Å². The summed E-state index contributed by atoms with van der Waals surface area (Å²) < 4.78 is 2.16. The topological polar surface area (TPSA) is 33.1 Å². The van der Waals surface area contributed by atoms with Crippen LogP contribution in [0.2, 0.25) is 0 Å². The Balaban J connectivity index is 2.15. The van der Waals surface area contributed by atoms with Crippen LogP contribution in [0.5, 0.6) is 0 Å². The second-order valence-electron chi connectivity index (χ2n) is 4.18. The molecule has 1 unspecified atom stereocenters. The zero-order valence-corrected chi connectivity index (χ0v) is 10.2. The van der Waals surface area contributed by atoms with E-state index in [1.54, 1.807) is 0 Å². The largest absolute Gasteiger partial charge is 0.334 e. The first-order chi connectivity index (χ1) is 7.11. The van der Waals surface area contributed by atoms with Crippen LogP contribution in [-0.2, 0) is 6.54 Å². The molecule has 0 spiro atoms. The molecule has 1 atom stereocenters. The first-order valence-corrected chi connectivity index (χ1v) is 5.46. The Kier molecular flexibility index (Phi) is 4.78. The van der Waals surface area contributed by atoms with Gasteiger partial charge >= 0.3 is 0 Å². The summed E-state index contributed by atoms with van der Waals surface area (Å²) in [5, 5.41) is 3.44. The van der Waals surface area contributed by atoms with E-state index in [0.717, 1.165) is 25.5 Å². The van der Waals surface area contributed by atoms with Crippen molar-refractivity contribution in [3.8, 4) is 0 Å². The van der Waals surface area contributed by atoms with Crippen molar-refractivity contribution in [2.24, 2.45) is 0 Å². The maximum atomic E-state index is 4.19. The zero-order chi connectivity index (χ0) is 11.3. The van der Waals surface area contributed by atoms with Crippen molar-refractivity contribution in [1.29, 1.82) is 0 Å². The Morgan fingerprint density at radius 2 is 2.27 bits per heavy atom. The standard InChI is InChI=1S/C11H22N4/c1-10(14(3)4)9-12-5-7-15-8-6-13-11(15)2/h6,8,10,12H,5,7,9H2,1-4H3. The molecule has 1 N–H and O–H groups in total. The molecule has 0 saturated carbocycles. The number of rotatable bonds is 6. The molecule has 1 aromatic heterocycles. The van der Waals surface area contributed by atoms with Gasteiger partial charge in [-0.2, -0.15) is 0 Å². The lowest BCUT2D eigenvalue weighted by atomic mass is 10.3. The van der Waals surface area contributed by atoms with E-state index in [-0.39, 0.29) is 0 Å². The van der Waals surface area contributed by atoms with Crippen molar-refractivity contribution in [3.63, 3.8) is 0 Å². The smallest absolute Gasteiger partial charge is 0.105 e. The average molecular weight is 210 g/mol. The highest BCUT2D eigenvalue weighted by molar-refractivity contribution is 4.88. The average Bonchev–Trinajstić information content (AvgIpc) is 2.58. The van der Waals surface area contributed by atoms with Crippen LogP contribution in [0, 0.1) is 6.92 Å². The molecule has 0 fully saturated rings. The van der Waals surface area contributed by atoms with E-state index >= 15 is 0 Å². The van der Waals surface area contributed by atoms with Crippen LogP contribution >= 0.6 is 0 Å². The molecule has 0 aliphatic rings. The van der Waals surface area contributed by atoms with Crippen LogP contribution in [0.4, 0.5) is 0 Å². The molecule has 0 saturated heterocycles. The molecule has 4 heteroatoms. The number of aryl methyl sites for hydroxylation is 1. The van der Waals surface area contributed by atoms with Crippen molar-refractivity contribution in [2.45, 2.75) is 26.4 Å². The number of nitrogens with zero attached hydrogens (tertiary/aromatic N) is 3. The lowest BCUT2D eigenvalue weighted by Crippen LogP contribution is -2.36. The van der Waals surface area contributed by atoms with Gasteiger partial charge in [0.15, 0.2) is 0 Å². The molecule has 0 bridgehead atoms. The number of hydrogen-bond acceptors (Lipinski definition) is 3. The molecule has 0 aliphatic heterocycles. The van der Waals surface area contributed by atoms with Gasteiger partial charge in [0, 0.05) is 38.1 Å². The number of nitrogens with one attached hydrogen (secondary N) is 1. The Bertz CT molecular complexity index is 280. The summed E-state index contributed by atoms with van der Waals surface area (Å²) in [6.07, 6.45) is 3.87. The summed E-state index contributed by atoms with van der Waals surface area (Å²) >= 11 is 0. The predicted octanol–water partition coefficient (Wildman–Crippen LogP) is 0.731. The van der Waals surface area contributed by atoms with Gasteiger partial charge in [0.1, 0.15) is 5.82 Å². The Morgan fingerprint density at radius 1 is 1.53 bits per heavy atom. The Hall–Kier alpha value is -0.870. The van der Waals surface area contributed by atoms with Crippen LogP contribution in [-0.4, -0.2) is 47.7 Å². The minimum absolute atomic E-state index is 0.578. The van der Waals surface area contributed by atoms with Gasteiger partial charge in [-0.1, -0.05) is 0 Å². The molecule has 0 aromatic carbocycles. The molecule has 4 nitrogen and oxygen atoms in total. The molecule has 0 radical (unpaired) electrons. The first-order valence-electron chi connectivity index (χ1n) is 5.46. The van der Waals surface area contributed by atoms with Crippen molar-refractivity contribution < 1.29 is 0 Å². The van der Waals surface area contributed by atoms with Crippen molar-refractivity contribution in [2.75, 3.05) is 27.2 Å². The van der Waals surface area contributed by atoms with Crippen LogP contribution in [0.25, 0.3) is 0 Å². The number of likely N-dealkylation sites (N-methyl/N-ethyl adjacent to an activating group) is 1. The van der Waals surface area contributed by atoms with E-state index in [1.165, 1.54) is 0 Å². The highest BCUT2D eigenvalue weighted by Crippen LogP contribution is 1.93. The summed E-state index contributed by atoms with van der Waals surface area (Å²) in [6.45, 7) is 7.26. The molecule has 0 aliphatic carbocycles. The maximum absolute atomic E-state index is 4.19. The zero-order valence-electron chi connectivity index (χ0n) is 10.2. The van der Waals surface area contributed by atoms with Gasteiger partial charge < -0.3 is 14.8 Å². The molecular weight excluding hydrogens is 188 g/mol. The quantitative estimate of drug-likeness (QED) is 0.703. The fourth-order valence-electron chi connectivity index (χ4n) is 1.33. The van der Waals surface area contributed by atoms with Gasteiger partial charge in [0.25, 0.3) is 0 Å². The third kappa shape index (κ3) is 4.01. The van der Waals surface area contributed by atoms with Crippen molar-refractivity contribution >= 4 is 0 Å². The van der Waals surface area contributed by atoms with E-state index in [2.05, 4.69) is 40.8 Å². The van der Waals surface area contributed by atoms with Crippen LogP contribution < -0.4 is 5.32 Å². The lowest BCUT2D eigenvalue weighted by molar-refractivity contribution is 0.302. The molecular formula is C11H22N4. The third-order valence-corrected chi connectivity index (χ3v) is 2.77. The van der Waals surface area contributed by atoms with Crippen LogP contribution in [0.15, 0.2) is 12.4 Å². The number of hydrogen-bond donors (Lipinski definition) is 1. The van der Waals surface area contributed by atoms with Crippen molar-refractivity contribution in [1.82, 2.24) is 19.8 Å². The van der Waals surface area contributed by atoms with Crippen LogP contribution in [0.1, 0.15) is 12.7 Å². The lowest BCUT2D eigenvalue weighted by Gasteiger charge is -2.20. The predicted molar refractivity (Wildman–Crippen MR) is 63.0 cm³/mol. The van der Waals surface area contributed by atoms with E-state index in [0.29, 0.717) is 6.04 Å². The van der Waals surface area contributed by atoms with Gasteiger partial charge in [0.05, 0.1) is 0 Å². The SMILES string of the molecule is Cc1nccn1CCNCC(C)N(C)C. The van der Waals surface area contributed by atoms with E-state index < -0.39 is 0 Å². The minimum Gasteiger partial charge on any atom is -0.334 e. The Morgan fingerprint density at radius 3 is 2.80 bits per heavy atom. The summed E-state index contributed by atoms with van der Waals surface area (Å²) in [6, 6.07) is 0.578. The fraction of sp³-hybridized carbons (Fsp3) is 0.727. The summed E-state index contributed by atoms with van der Waals surface area (Å²) in [5.41, 5.74) is 0. The summed E-state index contributed by atoms with van der Waals surface area (Å²) in [4.78, 5) is 6.40. The van der Waals surface area contributed by atoms with Gasteiger partial charge in [-0.05, 0) is 27.9 Å². The first kappa shape index (κ1) is 12.2. The highest BCUT2D eigenvalue weighted by Gasteiger charge is 2.02. The molecule has 86 valence electrons. The van der Waals surface area contributed by atoms with Crippen LogP contribution in [0.3, 0.4) is 0 Å². The Labute approximate surface area is 92.3 Å². The molecule has 15 heavy (non-hydrogen) atoms. The van der Waals surface area contributed by atoms with Crippen molar-refractivity contribution in [3.05, 3.63) is 18.2 Å². The number of aromatic nitrogens is 2. The summed E-state index contributed by atoms with van der Waals surface area (Å²) in [7, 11) is 4.21. The molecule has 1 heterocycles. The normalized spacial score (nSPS) is 13.4. The van der Waals surface area contributed by atoms with E-state index in [9.17, 15) is 0 Å². The van der Waals surface area contributed by atoms with Gasteiger partial charge in [0.2, 0.25) is 0 Å². The molecule has 1 rings (SSSR count). The number of imidazole rings is 1. The monoisotopic (exact) mass is 210 g/mol. The second kappa shape index (κ2) is 5.88. The molecule has 1 aromatic rings. The molecule has 0 amide bonds. The van der Waals surface area contributed by atoms with Gasteiger partial charge in [-0.25, -0.2) is 4.98 Å². The second-order valence-corrected chi connectivity index (χ2v) is 4.18. The summed E-state index contributed by atoms with van der Waals surface area (Å²) in [5.74, 6) is 1.08. The van der Waals surface area contributed by atoms with Gasteiger partial charge in [-0.3, -0.25) is 0 Å². The van der Waals surface area contributed by atoms with Gasteiger partial charge in [-0.15, -0.1) is 0 Å². The highest BCUT2D eigenvalue weighted by atomic mass is 15.1. The van der Waals surface area contributed by atoms with E-state index in [1.807, 2.05) is 19.3 Å². The minimum atomic E-state index is 0.578. The maximum Gasteiger partial charge on any atom is 0.105 e. The third-order valence-electron chi connectivity index (χ3n) is 2.77. The fourth-order valence-corrected chi connectivity index (χ4v) is 1.33.